The first-order chi connectivity index (χ1) is 6.83. The van der Waals surface area contributed by atoms with Crippen molar-refractivity contribution >= 4 is 0 Å². The highest BCUT2D eigenvalue weighted by molar-refractivity contribution is 5.32. The number of hydrogen-bond acceptors (Lipinski definition) is 2. The molecule has 1 N–H and O–H groups in total. The van der Waals surface area contributed by atoms with Crippen LogP contribution in [0.2, 0.25) is 0 Å². The summed E-state index contributed by atoms with van der Waals surface area (Å²) in [4.78, 5) is 0. The Morgan fingerprint density at radius 2 is 2.14 bits per heavy atom. The fourth-order valence-electron chi connectivity index (χ4n) is 2.14. The van der Waals surface area contributed by atoms with Crippen molar-refractivity contribution in [1.29, 1.82) is 5.26 Å². The summed E-state index contributed by atoms with van der Waals surface area (Å²) in [6.45, 7) is 3.88. The van der Waals surface area contributed by atoms with Crippen LogP contribution in [0.15, 0.2) is 24.3 Å². The monoisotopic (exact) mass is 186 g/mol. The number of aryl methyl sites for hydroxylation is 1. The second kappa shape index (κ2) is 3.81. The van der Waals surface area contributed by atoms with Gasteiger partial charge in [-0.2, -0.15) is 5.26 Å². The van der Waals surface area contributed by atoms with E-state index in [2.05, 4.69) is 36.5 Å². The number of nitrogens with zero attached hydrogens (tertiary/aromatic N) is 1. The maximum absolute atomic E-state index is 9.00. The largest absolute Gasteiger partial charge is 0.315 e. The summed E-state index contributed by atoms with van der Waals surface area (Å²) in [5.41, 5.74) is 2.62. The Bertz CT molecular complexity index is 365. The van der Waals surface area contributed by atoms with E-state index in [1.54, 1.807) is 0 Å². The maximum Gasteiger partial charge on any atom is 0.0676 e. The molecule has 0 saturated carbocycles. The Kier molecular flexibility index (Phi) is 2.51. The molecular weight excluding hydrogens is 172 g/mol. The minimum Gasteiger partial charge on any atom is -0.315 e. The maximum atomic E-state index is 9.00. The van der Waals surface area contributed by atoms with Gasteiger partial charge in [-0.3, -0.25) is 0 Å². The normalized spacial score (nSPS) is 26.0. The van der Waals surface area contributed by atoms with E-state index in [9.17, 15) is 0 Å². The molecule has 14 heavy (non-hydrogen) atoms. The zero-order valence-corrected chi connectivity index (χ0v) is 8.33. The number of nitrogens with one attached hydrogen (secondary N) is 1. The van der Waals surface area contributed by atoms with Gasteiger partial charge in [-0.05, 0) is 18.1 Å². The molecule has 0 aliphatic carbocycles. The molecule has 72 valence electrons. The Morgan fingerprint density at radius 1 is 1.36 bits per heavy atom. The molecule has 1 fully saturated rings. The number of hydrogen-bond donors (Lipinski definition) is 1. The van der Waals surface area contributed by atoms with Gasteiger partial charge in [0.25, 0.3) is 0 Å². The smallest absolute Gasteiger partial charge is 0.0676 e. The summed E-state index contributed by atoms with van der Waals surface area (Å²) in [5, 5.41) is 12.3. The van der Waals surface area contributed by atoms with Crippen LogP contribution in [0.5, 0.6) is 0 Å². The molecule has 0 unspecified atom stereocenters. The van der Waals surface area contributed by atoms with Crippen molar-refractivity contribution in [2.45, 2.75) is 12.8 Å². The summed E-state index contributed by atoms with van der Waals surface area (Å²) in [6, 6.07) is 10.7. The van der Waals surface area contributed by atoms with Crippen LogP contribution in [0.4, 0.5) is 0 Å². The van der Waals surface area contributed by atoms with Gasteiger partial charge in [0, 0.05) is 19.0 Å². The van der Waals surface area contributed by atoms with Crippen molar-refractivity contribution in [2.75, 3.05) is 13.1 Å². The summed E-state index contributed by atoms with van der Waals surface area (Å²) in [7, 11) is 0. The lowest BCUT2D eigenvalue weighted by molar-refractivity contribution is 0.643. The average molecular weight is 186 g/mol. The minimum absolute atomic E-state index is 0.135. The van der Waals surface area contributed by atoms with Gasteiger partial charge in [0.05, 0.1) is 12.0 Å². The Hall–Kier alpha value is -1.33. The molecule has 0 aromatic heterocycles. The van der Waals surface area contributed by atoms with Crippen molar-refractivity contribution in [2.24, 2.45) is 5.92 Å². The van der Waals surface area contributed by atoms with Gasteiger partial charge in [-0.15, -0.1) is 0 Å². The van der Waals surface area contributed by atoms with E-state index in [1.807, 2.05) is 6.07 Å². The van der Waals surface area contributed by atoms with Gasteiger partial charge in [-0.25, -0.2) is 0 Å². The fourth-order valence-corrected chi connectivity index (χ4v) is 2.14. The van der Waals surface area contributed by atoms with Gasteiger partial charge >= 0.3 is 0 Å². The zero-order chi connectivity index (χ0) is 9.97. The van der Waals surface area contributed by atoms with Crippen molar-refractivity contribution in [1.82, 2.24) is 5.32 Å². The molecule has 2 nitrogen and oxygen atoms in total. The topological polar surface area (TPSA) is 35.8 Å². The second-order valence-corrected chi connectivity index (χ2v) is 3.86. The van der Waals surface area contributed by atoms with Crippen LogP contribution in [0, 0.1) is 24.2 Å². The highest BCUT2D eigenvalue weighted by atomic mass is 14.9. The van der Waals surface area contributed by atoms with Gasteiger partial charge < -0.3 is 5.32 Å². The fraction of sp³-hybridized carbons (Fsp3) is 0.417. The van der Waals surface area contributed by atoms with Crippen molar-refractivity contribution in [3.63, 3.8) is 0 Å². The third-order valence-electron chi connectivity index (χ3n) is 2.97. The molecule has 0 bridgehead atoms. The molecule has 2 heteroatoms. The van der Waals surface area contributed by atoms with E-state index in [0.29, 0.717) is 5.92 Å². The van der Waals surface area contributed by atoms with Gasteiger partial charge in [-0.1, -0.05) is 24.3 Å². The molecule has 1 aromatic rings. The van der Waals surface area contributed by atoms with Crippen LogP contribution in [-0.4, -0.2) is 13.1 Å². The lowest BCUT2D eigenvalue weighted by atomic mass is 9.87. The molecule has 2 atom stereocenters. The molecule has 2 rings (SSSR count). The second-order valence-electron chi connectivity index (χ2n) is 3.86. The van der Waals surface area contributed by atoms with E-state index in [-0.39, 0.29) is 5.92 Å². The van der Waals surface area contributed by atoms with Crippen molar-refractivity contribution in [3.05, 3.63) is 35.4 Å². The molecule has 1 aromatic carbocycles. The Labute approximate surface area is 84.6 Å². The van der Waals surface area contributed by atoms with E-state index in [0.717, 1.165) is 13.1 Å². The first-order valence-corrected chi connectivity index (χ1v) is 4.99. The Morgan fingerprint density at radius 3 is 2.86 bits per heavy atom. The third-order valence-corrected chi connectivity index (χ3v) is 2.97. The molecule has 0 radical (unpaired) electrons. The van der Waals surface area contributed by atoms with Gasteiger partial charge in [0.15, 0.2) is 0 Å². The van der Waals surface area contributed by atoms with Crippen LogP contribution in [0.25, 0.3) is 0 Å². The highest BCUT2D eigenvalue weighted by Crippen LogP contribution is 2.29. The Balaban J connectivity index is 2.31. The molecular formula is C12H14N2. The van der Waals surface area contributed by atoms with E-state index in [1.165, 1.54) is 11.1 Å². The lowest BCUT2D eigenvalue weighted by Crippen LogP contribution is -2.09. The lowest BCUT2D eigenvalue weighted by Gasteiger charge is -2.14. The van der Waals surface area contributed by atoms with Crippen LogP contribution in [0.3, 0.4) is 0 Å². The van der Waals surface area contributed by atoms with Gasteiger partial charge in [0.2, 0.25) is 0 Å². The number of benzene rings is 1. The third kappa shape index (κ3) is 1.51. The SMILES string of the molecule is Cc1ccccc1[C@@H]1CNC[C@@H]1C#N. The first kappa shape index (κ1) is 9.23. The van der Waals surface area contributed by atoms with Crippen LogP contribution >= 0.6 is 0 Å². The zero-order valence-electron chi connectivity index (χ0n) is 8.33. The first-order valence-electron chi connectivity index (χ1n) is 4.99. The summed E-state index contributed by atoms with van der Waals surface area (Å²) < 4.78 is 0. The predicted molar refractivity (Wildman–Crippen MR) is 55.9 cm³/mol. The van der Waals surface area contributed by atoms with Crippen LogP contribution in [0.1, 0.15) is 17.0 Å². The highest BCUT2D eigenvalue weighted by Gasteiger charge is 2.28. The summed E-state index contributed by atoms with van der Waals surface area (Å²) >= 11 is 0. The van der Waals surface area contributed by atoms with E-state index >= 15 is 0 Å². The predicted octanol–water partition coefficient (Wildman–Crippen LogP) is 1.82. The quantitative estimate of drug-likeness (QED) is 0.726. The standard InChI is InChI=1S/C12H14N2/c1-9-4-2-3-5-11(9)12-8-14-7-10(12)6-13/h2-5,10,12,14H,7-8H2,1H3/t10-,12+/m0/s1. The van der Waals surface area contributed by atoms with E-state index in [4.69, 9.17) is 5.26 Å². The molecule has 1 aliphatic rings. The van der Waals surface area contributed by atoms with Crippen molar-refractivity contribution < 1.29 is 0 Å². The average Bonchev–Trinajstić information content (AvgIpc) is 2.66. The van der Waals surface area contributed by atoms with Gasteiger partial charge in [0.1, 0.15) is 0 Å². The summed E-state index contributed by atoms with van der Waals surface area (Å²) in [5.74, 6) is 0.511. The molecule has 1 heterocycles. The molecule has 1 saturated heterocycles. The van der Waals surface area contributed by atoms with Crippen molar-refractivity contribution in [3.8, 4) is 6.07 Å². The van der Waals surface area contributed by atoms with Crippen LogP contribution < -0.4 is 5.32 Å². The van der Waals surface area contributed by atoms with E-state index < -0.39 is 0 Å². The molecule has 0 amide bonds. The number of nitriles is 1. The molecule has 1 aliphatic heterocycles. The minimum atomic E-state index is 0.135. The summed E-state index contributed by atoms with van der Waals surface area (Å²) in [6.07, 6.45) is 0. The molecule has 0 spiro atoms. The number of rotatable bonds is 1. The van der Waals surface area contributed by atoms with Crippen LogP contribution in [-0.2, 0) is 0 Å².